The molecule has 0 bridgehead atoms. The van der Waals surface area contributed by atoms with Crippen molar-refractivity contribution in [2.24, 2.45) is 20.0 Å². The quantitative estimate of drug-likeness (QED) is 0.586. The maximum absolute atomic E-state index is 4.37. The van der Waals surface area contributed by atoms with E-state index in [9.17, 15) is 0 Å². The summed E-state index contributed by atoms with van der Waals surface area (Å²) in [6.07, 6.45) is 7.84. The van der Waals surface area contributed by atoms with Crippen molar-refractivity contribution in [1.82, 2.24) is 10.6 Å². The third kappa shape index (κ3) is 12.4. The van der Waals surface area contributed by atoms with Gasteiger partial charge in [-0.25, -0.2) is 0 Å². The molecule has 0 saturated carbocycles. The zero-order chi connectivity index (χ0) is 19.7. The molecule has 0 aromatic carbocycles. The summed E-state index contributed by atoms with van der Waals surface area (Å²) in [5.41, 5.74) is 0. The van der Waals surface area contributed by atoms with E-state index in [-0.39, 0.29) is 48.9 Å². The Kier molecular flexibility index (Phi) is 13.2. The van der Waals surface area contributed by atoms with E-state index in [1.54, 1.807) is 0 Å². The molecule has 0 unspecified atom stereocenters. The second-order valence-corrected chi connectivity index (χ2v) is 7.35. The second-order valence-electron chi connectivity index (χ2n) is 7.35. The van der Waals surface area contributed by atoms with E-state index in [4.69, 9.17) is 0 Å². The third-order valence-corrected chi connectivity index (χ3v) is 2.90. The normalized spacial score (nSPS) is 21.5. The SMILES string of the molecule is CC(C)N=C1C=CC(=NC(C)C)N1.CC(C)N=C1C=CC(=NC(C)C)N1.[BaH2]. The fourth-order valence-corrected chi connectivity index (χ4v) is 2.16. The monoisotopic (exact) mass is 498 g/mol. The van der Waals surface area contributed by atoms with E-state index in [2.05, 4.69) is 86.0 Å². The molecule has 0 aromatic rings. The van der Waals surface area contributed by atoms with Crippen LogP contribution in [0.25, 0.3) is 0 Å². The van der Waals surface area contributed by atoms with E-state index >= 15 is 0 Å². The molecule has 2 N–H and O–H groups in total. The minimum absolute atomic E-state index is 0. The van der Waals surface area contributed by atoms with Crippen LogP contribution in [0.2, 0.25) is 0 Å². The van der Waals surface area contributed by atoms with Gasteiger partial charge < -0.3 is 10.6 Å². The number of rotatable bonds is 4. The molecule has 2 heterocycles. The van der Waals surface area contributed by atoms with Crippen molar-refractivity contribution >= 4 is 72.2 Å². The summed E-state index contributed by atoms with van der Waals surface area (Å²) in [6.45, 7) is 16.4. The number of nitrogens with zero attached hydrogens (tertiary/aromatic N) is 4. The first-order valence-electron chi connectivity index (χ1n) is 9.37. The molecular formula is C20H36BaN6. The molecule has 7 heteroatoms. The molecule has 0 atom stereocenters. The number of nitrogens with one attached hydrogen (secondary N) is 2. The molecular weight excluding hydrogens is 462 g/mol. The Morgan fingerprint density at radius 1 is 0.481 bits per heavy atom. The van der Waals surface area contributed by atoms with E-state index in [1.807, 2.05) is 24.3 Å². The molecule has 0 aromatic heterocycles. The molecule has 6 nitrogen and oxygen atoms in total. The van der Waals surface area contributed by atoms with Crippen molar-refractivity contribution in [2.45, 2.75) is 79.6 Å². The summed E-state index contributed by atoms with van der Waals surface area (Å²) in [4.78, 5) is 17.5. The Morgan fingerprint density at radius 3 is 0.815 bits per heavy atom. The van der Waals surface area contributed by atoms with Gasteiger partial charge in [-0.05, 0) is 79.7 Å². The molecule has 0 radical (unpaired) electrons. The van der Waals surface area contributed by atoms with Crippen LogP contribution in [0.3, 0.4) is 0 Å². The second kappa shape index (κ2) is 13.5. The molecule has 0 fully saturated rings. The zero-order valence-corrected chi connectivity index (χ0v) is 17.4. The van der Waals surface area contributed by atoms with E-state index in [0.717, 1.165) is 23.3 Å². The predicted molar refractivity (Wildman–Crippen MR) is 123 cm³/mol. The molecule has 0 spiro atoms. The van der Waals surface area contributed by atoms with Crippen LogP contribution in [0.4, 0.5) is 0 Å². The Morgan fingerprint density at radius 2 is 0.667 bits per heavy atom. The van der Waals surface area contributed by atoms with Crippen molar-refractivity contribution in [2.75, 3.05) is 0 Å². The van der Waals surface area contributed by atoms with Gasteiger partial charge in [-0.15, -0.1) is 0 Å². The minimum atomic E-state index is 0. The van der Waals surface area contributed by atoms with Gasteiger partial charge in [-0.3, -0.25) is 20.0 Å². The van der Waals surface area contributed by atoms with Crippen LogP contribution in [0, 0.1) is 0 Å². The third-order valence-electron chi connectivity index (χ3n) is 2.90. The van der Waals surface area contributed by atoms with Crippen molar-refractivity contribution in [3.8, 4) is 0 Å². The standard InChI is InChI=1S/2C10H17N3.Ba.2H/c2*1-7(2)11-9-5-6-10(13-9)12-8(3)4;;;/h2*5-8H,1-4H3,(H,11,12,13);;;. The summed E-state index contributed by atoms with van der Waals surface area (Å²) in [5, 5.41) is 6.28. The van der Waals surface area contributed by atoms with E-state index in [0.29, 0.717) is 24.2 Å². The van der Waals surface area contributed by atoms with Crippen LogP contribution in [0.1, 0.15) is 55.4 Å². The van der Waals surface area contributed by atoms with E-state index < -0.39 is 0 Å². The van der Waals surface area contributed by atoms with Gasteiger partial charge in [0, 0.05) is 24.2 Å². The first-order chi connectivity index (χ1) is 12.2. The van der Waals surface area contributed by atoms with Crippen molar-refractivity contribution < 1.29 is 0 Å². The molecule has 0 amide bonds. The van der Waals surface area contributed by atoms with Crippen LogP contribution in [-0.2, 0) is 0 Å². The maximum atomic E-state index is 4.37. The fraction of sp³-hybridized carbons (Fsp3) is 0.600. The molecule has 2 aliphatic rings. The topological polar surface area (TPSA) is 73.5 Å². The Balaban J connectivity index is 0.000000483. The summed E-state index contributed by atoms with van der Waals surface area (Å²) >= 11 is 0. The van der Waals surface area contributed by atoms with Gasteiger partial charge in [0.15, 0.2) is 0 Å². The average Bonchev–Trinajstić information content (AvgIpc) is 3.07. The Hall–Kier alpha value is -0.669. The summed E-state index contributed by atoms with van der Waals surface area (Å²) in [6, 6.07) is 1.30. The van der Waals surface area contributed by atoms with Crippen LogP contribution in [0.15, 0.2) is 44.3 Å². The predicted octanol–water partition coefficient (Wildman–Crippen LogP) is 2.60. The Bertz CT molecular complexity index is 529. The Labute approximate surface area is 205 Å². The van der Waals surface area contributed by atoms with Crippen LogP contribution in [-0.4, -0.2) is 96.4 Å². The molecule has 0 saturated heterocycles. The average molecular weight is 498 g/mol. The van der Waals surface area contributed by atoms with Gasteiger partial charge in [0.25, 0.3) is 0 Å². The molecule has 148 valence electrons. The van der Waals surface area contributed by atoms with Gasteiger partial charge in [0.2, 0.25) is 0 Å². The zero-order valence-electron chi connectivity index (χ0n) is 17.4. The molecule has 0 aliphatic carbocycles. The summed E-state index contributed by atoms with van der Waals surface area (Å²) in [5.74, 6) is 3.65. The number of hydrogen-bond acceptors (Lipinski definition) is 4. The van der Waals surface area contributed by atoms with Gasteiger partial charge in [0.05, 0.1) is 0 Å². The summed E-state index contributed by atoms with van der Waals surface area (Å²) < 4.78 is 0. The summed E-state index contributed by atoms with van der Waals surface area (Å²) in [7, 11) is 0. The first kappa shape index (κ1) is 26.3. The number of aliphatic imine (C=N–C) groups is 4. The number of amidine groups is 4. The van der Waals surface area contributed by atoms with Gasteiger partial charge >= 0.3 is 48.9 Å². The van der Waals surface area contributed by atoms with Gasteiger partial charge in [-0.2, -0.15) is 0 Å². The first-order valence-corrected chi connectivity index (χ1v) is 9.37. The molecule has 2 rings (SSSR count). The van der Waals surface area contributed by atoms with Gasteiger partial charge in [0.1, 0.15) is 23.3 Å². The van der Waals surface area contributed by atoms with Crippen molar-refractivity contribution in [3.05, 3.63) is 24.3 Å². The van der Waals surface area contributed by atoms with Crippen LogP contribution < -0.4 is 10.6 Å². The van der Waals surface area contributed by atoms with Crippen LogP contribution in [0.5, 0.6) is 0 Å². The van der Waals surface area contributed by atoms with Crippen molar-refractivity contribution in [1.29, 1.82) is 0 Å². The fourth-order valence-electron chi connectivity index (χ4n) is 2.16. The number of hydrogen-bond donors (Lipinski definition) is 2. The van der Waals surface area contributed by atoms with E-state index in [1.165, 1.54) is 0 Å². The van der Waals surface area contributed by atoms with Crippen LogP contribution >= 0.6 is 0 Å². The molecule has 27 heavy (non-hydrogen) atoms. The van der Waals surface area contributed by atoms with Crippen molar-refractivity contribution in [3.63, 3.8) is 0 Å². The molecule has 2 aliphatic heterocycles. The van der Waals surface area contributed by atoms with Gasteiger partial charge in [-0.1, -0.05) is 0 Å².